The van der Waals surface area contributed by atoms with Crippen molar-refractivity contribution in [2.24, 2.45) is 0 Å². The molecule has 1 aliphatic rings. The maximum absolute atomic E-state index is 8.97. The molecule has 152 valence electrons. The number of rotatable bonds is 6. The molecule has 0 aliphatic heterocycles. The SMILES string of the molecule is Cc1ccccc1C1=C[C@H](NCc2cncn2Cc2ccc(C#N)cc2)CCCC1. The third-order valence-electron chi connectivity index (χ3n) is 5.88. The Morgan fingerprint density at radius 3 is 2.77 bits per heavy atom. The van der Waals surface area contributed by atoms with E-state index >= 15 is 0 Å². The summed E-state index contributed by atoms with van der Waals surface area (Å²) in [4.78, 5) is 4.36. The Balaban J connectivity index is 1.44. The normalized spacial score (nSPS) is 16.5. The lowest BCUT2D eigenvalue weighted by Gasteiger charge is -2.16. The lowest BCUT2D eigenvalue weighted by atomic mass is 9.97. The molecule has 1 N–H and O–H groups in total. The Kier molecular flexibility index (Phi) is 6.41. The summed E-state index contributed by atoms with van der Waals surface area (Å²) >= 11 is 0. The van der Waals surface area contributed by atoms with Crippen LogP contribution in [0.1, 0.15) is 53.6 Å². The molecule has 1 aliphatic carbocycles. The highest BCUT2D eigenvalue weighted by molar-refractivity contribution is 5.68. The van der Waals surface area contributed by atoms with Crippen LogP contribution in [0.5, 0.6) is 0 Å². The Hall–Kier alpha value is -3.16. The summed E-state index contributed by atoms with van der Waals surface area (Å²) < 4.78 is 2.18. The number of imidazole rings is 1. The summed E-state index contributed by atoms with van der Waals surface area (Å²) in [6.07, 6.45) is 11.1. The molecule has 4 nitrogen and oxygen atoms in total. The van der Waals surface area contributed by atoms with E-state index in [0.717, 1.165) is 19.5 Å². The van der Waals surface area contributed by atoms with Gasteiger partial charge < -0.3 is 9.88 Å². The number of nitriles is 1. The van der Waals surface area contributed by atoms with Crippen molar-refractivity contribution in [3.05, 3.63) is 95.1 Å². The lowest BCUT2D eigenvalue weighted by molar-refractivity contribution is 0.525. The van der Waals surface area contributed by atoms with Crippen LogP contribution in [-0.4, -0.2) is 15.6 Å². The highest BCUT2D eigenvalue weighted by atomic mass is 15.1. The van der Waals surface area contributed by atoms with Crippen molar-refractivity contribution in [1.29, 1.82) is 5.26 Å². The van der Waals surface area contributed by atoms with E-state index in [4.69, 9.17) is 5.26 Å². The van der Waals surface area contributed by atoms with E-state index < -0.39 is 0 Å². The van der Waals surface area contributed by atoms with E-state index in [-0.39, 0.29) is 0 Å². The molecule has 0 saturated heterocycles. The number of nitrogens with zero attached hydrogens (tertiary/aromatic N) is 3. The van der Waals surface area contributed by atoms with Crippen molar-refractivity contribution in [3.8, 4) is 6.07 Å². The maximum atomic E-state index is 8.97. The highest BCUT2D eigenvalue weighted by Gasteiger charge is 2.15. The van der Waals surface area contributed by atoms with Gasteiger partial charge in [-0.3, -0.25) is 0 Å². The molecule has 1 heterocycles. The molecule has 2 aromatic carbocycles. The Morgan fingerprint density at radius 1 is 1.13 bits per heavy atom. The molecule has 0 amide bonds. The van der Waals surface area contributed by atoms with Crippen LogP contribution in [0, 0.1) is 18.3 Å². The summed E-state index contributed by atoms with van der Waals surface area (Å²) in [6, 6.07) is 19.0. The second-order valence-electron chi connectivity index (χ2n) is 8.06. The average molecular weight is 397 g/mol. The van der Waals surface area contributed by atoms with E-state index in [0.29, 0.717) is 11.6 Å². The van der Waals surface area contributed by atoms with Gasteiger partial charge in [-0.1, -0.05) is 48.9 Å². The number of benzene rings is 2. The van der Waals surface area contributed by atoms with Crippen LogP contribution in [0.2, 0.25) is 0 Å². The molecule has 0 bridgehead atoms. The smallest absolute Gasteiger partial charge is 0.0991 e. The van der Waals surface area contributed by atoms with Gasteiger partial charge in [-0.15, -0.1) is 0 Å². The number of nitrogens with one attached hydrogen (secondary N) is 1. The van der Waals surface area contributed by atoms with E-state index in [1.807, 2.05) is 36.8 Å². The van der Waals surface area contributed by atoms with Crippen molar-refractivity contribution in [1.82, 2.24) is 14.9 Å². The minimum atomic E-state index is 0.375. The van der Waals surface area contributed by atoms with Crippen LogP contribution >= 0.6 is 0 Å². The van der Waals surface area contributed by atoms with Gasteiger partial charge >= 0.3 is 0 Å². The van der Waals surface area contributed by atoms with Crippen LogP contribution in [0.25, 0.3) is 5.57 Å². The summed E-state index contributed by atoms with van der Waals surface area (Å²) in [5, 5.41) is 12.7. The summed E-state index contributed by atoms with van der Waals surface area (Å²) in [6.45, 7) is 3.75. The van der Waals surface area contributed by atoms with Gasteiger partial charge in [0.05, 0.1) is 23.7 Å². The van der Waals surface area contributed by atoms with Gasteiger partial charge in [0.25, 0.3) is 0 Å². The third kappa shape index (κ3) is 4.87. The lowest BCUT2D eigenvalue weighted by Crippen LogP contribution is -2.27. The summed E-state index contributed by atoms with van der Waals surface area (Å²) in [7, 11) is 0. The van der Waals surface area contributed by atoms with Crippen molar-refractivity contribution in [2.75, 3.05) is 0 Å². The molecular weight excluding hydrogens is 368 g/mol. The largest absolute Gasteiger partial charge is 0.329 e. The minimum absolute atomic E-state index is 0.375. The van der Waals surface area contributed by atoms with Gasteiger partial charge in [0.2, 0.25) is 0 Å². The van der Waals surface area contributed by atoms with Crippen molar-refractivity contribution in [2.45, 2.75) is 51.7 Å². The van der Waals surface area contributed by atoms with Gasteiger partial charge in [-0.05, 0) is 60.6 Å². The quantitative estimate of drug-likeness (QED) is 0.621. The Morgan fingerprint density at radius 2 is 1.97 bits per heavy atom. The predicted octanol–water partition coefficient (Wildman–Crippen LogP) is 5.23. The zero-order chi connectivity index (χ0) is 20.8. The van der Waals surface area contributed by atoms with E-state index in [1.165, 1.54) is 47.2 Å². The van der Waals surface area contributed by atoms with Crippen LogP contribution in [-0.2, 0) is 13.1 Å². The van der Waals surface area contributed by atoms with Gasteiger partial charge in [-0.2, -0.15) is 5.26 Å². The molecule has 0 radical (unpaired) electrons. The second kappa shape index (κ2) is 9.56. The number of aryl methyl sites for hydroxylation is 1. The molecule has 1 atom stereocenters. The van der Waals surface area contributed by atoms with Crippen LogP contribution in [0.4, 0.5) is 0 Å². The van der Waals surface area contributed by atoms with Crippen LogP contribution in [0.3, 0.4) is 0 Å². The van der Waals surface area contributed by atoms with Gasteiger partial charge in [-0.25, -0.2) is 4.98 Å². The first kappa shape index (κ1) is 20.1. The molecule has 0 unspecified atom stereocenters. The van der Waals surface area contributed by atoms with Crippen molar-refractivity contribution < 1.29 is 0 Å². The Labute approximate surface area is 178 Å². The van der Waals surface area contributed by atoms with Crippen LogP contribution in [0.15, 0.2) is 67.1 Å². The zero-order valence-corrected chi connectivity index (χ0v) is 17.5. The molecule has 30 heavy (non-hydrogen) atoms. The van der Waals surface area contributed by atoms with Gasteiger partial charge in [0.1, 0.15) is 0 Å². The number of aromatic nitrogens is 2. The molecule has 3 aromatic rings. The number of hydrogen-bond acceptors (Lipinski definition) is 3. The summed E-state index contributed by atoms with van der Waals surface area (Å²) in [5.41, 5.74) is 7.24. The minimum Gasteiger partial charge on any atom is -0.329 e. The monoisotopic (exact) mass is 396 g/mol. The van der Waals surface area contributed by atoms with Crippen LogP contribution < -0.4 is 5.32 Å². The Bertz CT molecular complexity index is 1050. The molecule has 4 heteroatoms. The van der Waals surface area contributed by atoms with E-state index in [1.54, 1.807) is 0 Å². The van der Waals surface area contributed by atoms with Crippen molar-refractivity contribution in [3.63, 3.8) is 0 Å². The van der Waals surface area contributed by atoms with E-state index in [2.05, 4.69) is 58.2 Å². The van der Waals surface area contributed by atoms with Gasteiger partial charge in [0, 0.05) is 25.3 Å². The molecular formula is C26H28N4. The average Bonchev–Trinajstić information content (AvgIpc) is 3.07. The maximum Gasteiger partial charge on any atom is 0.0991 e. The number of hydrogen-bond donors (Lipinski definition) is 1. The summed E-state index contributed by atoms with van der Waals surface area (Å²) in [5.74, 6) is 0. The predicted molar refractivity (Wildman–Crippen MR) is 121 cm³/mol. The molecule has 0 spiro atoms. The first-order chi connectivity index (χ1) is 14.7. The van der Waals surface area contributed by atoms with Crippen molar-refractivity contribution >= 4 is 5.57 Å². The van der Waals surface area contributed by atoms with E-state index in [9.17, 15) is 0 Å². The topological polar surface area (TPSA) is 53.6 Å². The molecule has 1 aromatic heterocycles. The first-order valence-corrected chi connectivity index (χ1v) is 10.7. The molecule has 4 rings (SSSR count). The fraction of sp³-hybridized carbons (Fsp3) is 0.308. The second-order valence-corrected chi connectivity index (χ2v) is 8.06. The number of allylic oxidation sites excluding steroid dienone is 1. The van der Waals surface area contributed by atoms with Gasteiger partial charge in [0.15, 0.2) is 0 Å². The third-order valence-corrected chi connectivity index (χ3v) is 5.88. The molecule has 0 saturated carbocycles. The standard InChI is InChI=1S/C26H28N4/c1-20-6-2-5-9-26(20)23-7-3-4-8-24(14-23)29-17-25-16-28-19-30(25)18-22-12-10-21(15-27)11-13-22/h2,5-6,9-14,16,19,24,29H,3-4,7-8,17-18H2,1H3/t24-/m1/s1. The first-order valence-electron chi connectivity index (χ1n) is 10.7. The fourth-order valence-electron chi connectivity index (χ4n) is 4.16. The fourth-order valence-corrected chi connectivity index (χ4v) is 4.16. The molecule has 0 fully saturated rings. The zero-order valence-electron chi connectivity index (χ0n) is 17.5. The highest BCUT2D eigenvalue weighted by Crippen LogP contribution is 2.28.